The van der Waals surface area contributed by atoms with Gasteiger partial charge in [-0.25, -0.2) is 0 Å². The number of rotatable bonds is 4. The van der Waals surface area contributed by atoms with E-state index in [1.165, 1.54) is 0 Å². The van der Waals surface area contributed by atoms with Gasteiger partial charge >= 0.3 is 0 Å². The molecule has 19 heavy (non-hydrogen) atoms. The van der Waals surface area contributed by atoms with Gasteiger partial charge < -0.3 is 0 Å². The van der Waals surface area contributed by atoms with Crippen LogP contribution in [0.1, 0.15) is 28.7 Å². The third kappa shape index (κ3) is 3.07. The van der Waals surface area contributed by atoms with E-state index in [0.29, 0.717) is 17.0 Å². The Hall–Kier alpha value is -1.13. The highest BCUT2D eigenvalue weighted by Crippen LogP contribution is 2.27. The predicted molar refractivity (Wildman–Crippen MR) is 79.8 cm³/mol. The maximum absolute atomic E-state index is 12.3. The predicted octanol–water partition coefficient (Wildman–Crippen LogP) is 3.82. The zero-order valence-corrected chi connectivity index (χ0v) is 13.1. The summed E-state index contributed by atoms with van der Waals surface area (Å²) < 4.78 is 2.49. The molecule has 100 valence electrons. The standard InChI is InChI=1S/C14H14BrClN2O/c1-3-9-7-10(18(2)17-9)8-13(19)11-5-4-6-12(15)14(11)16/h4-7H,3,8H2,1-2H3. The highest BCUT2D eigenvalue weighted by atomic mass is 79.9. The Bertz CT molecular complexity index is 622. The summed E-state index contributed by atoms with van der Waals surface area (Å²) in [5, 5.41) is 4.80. The van der Waals surface area contributed by atoms with Gasteiger partial charge in [-0.3, -0.25) is 9.48 Å². The summed E-state index contributed by atoms with van der Waals surface area (Å²) in [6.07, 6.45) is 1.17. The minimum absolute atomic E-state index is 0.00282. The Morgan fingerprint density at radius 3 is 2.84 bits per heavy atom. The monoisotopic (exact) mass is 340 g/mol. The summed E-state index contributed by atoms with van der Waals surface area (Å²) >= 11 is 9.46. The number of carbonyl (C=O) groups excluding carboxylic acids is 1. The van der Waals surface area contributed by atoms with Crippen molar-refractivity contribution >= 4 is 33.3 Å². The number of hydrogen-bond acceptors (Lipinski definition) is 2. The molecule has 2 rings (SSSR count). The minimum Gasteiger partial charge on any atom is -0.294 e. The quantitative estimate of drug-likeness (QED) is 0.792. The Morgan fingerprint density at radius 1 is 1.47 bits per heavy atom. The van der Waals surface area contributed by atoms with Crippen molar-refractivity contribution in [3.05, 3.63) is 50.7 Å². The first-order chi connectivity index (χ1) is 9.02. The molecule has 0 N–H and O–H groups in total. The van der Waals surface area contributed by atoms with Crippen molar-refractivity contribution < 1.29 is 4.79 Å². The fourth-order valence-corrected chi connectivity index (χ4v) is 2.49. The molecular formula is C14H14BrClN2O. The highest BCUT2D eigenvalue weighted by Gasteiger charge is 2.15. The van der Waals surface area contributed by atoms with E-state index in [-0.39, 0.29) is 5.78 Å². The number of Topliss-reactive ketones (excluding diaryl/α,β-unsaturated/α-hetero) is 1. The fraction of sp³-hybridized carbons (Fsp3) is 0.286. The number of nitrogens with zero attached hydrogens (tertiary/aromatic N) is 2. The molecule has 0 fully saturated rings. The maximum atomic E-state index is 12.3. The molecule has 3 nitrogen and oxygen atoms in total. The molecular weight excluding hydrogens is 328 g/mol. The van der Waals surface area contributed by atoms with Crippen molar-refractivity contribution in [1.82, 2.24) is 9.78 Å². The molecule has 0 spiro atoms. The van der Waals surface area contributed by atoms with Crippen LogP contribution in [-0.4, -0.2) is 15.6 Å². The molecule has 1 aromatic heterocycles. The van der Waals surface area contributed by atoms with Crippen molar-refractivity contribution in [2.45, 2.75) is 19.8 Å². The Kier molecular flexibility index (Phi) is 4.42. The molecule has 0 radical (unpaired) electrons. The molecule has 2 aromatic rings. The molecule has 0 saturated heterocycles. The van der Waals surface area contributed by atoms with Crippen LogP contribution in [0.2, 0.25) is 5.02 Å². The molecule has 0 aliphatic carbocycles. The molecule has 0 aliphatic heterocycles. The van der Waals surface area contributed by atoms with Gasteiger partial charge in [0, 0.05) is 22.8 Å². The Balaban J connectivity index is 2.25. The first-order valence-corrected chi connectivity index (χ1v) is 7.19. The first-order valence-electron chi connectivity index (χ1n) is 6.02. The lowest BCUT2D eigenvalue weighted by molar-refractivity contribution is 0.0991. The summed E-state index contributed by atoms with van der Waals surface area (Å²) in [6, 6.07) is 7.33. The normalized spacial score (nSPS) is 10.7. The highest BCUT2D eigenvalue weighted by molar-refractivity contribution is 9.10. The number of ketones is 1. The van der Waals surface area contributed by atoms with Gasteiger partial charge in [0.05, 0.1) is 17.1 Å². The number of carbonyl (C=O) groups is 1. The van der Waals surface area contributed by atoms with Crippen LogP contribution in [0.25, 0.3) is 0 Å². The lowest BCUT2D eigenvalue weighted by atomic mass is 10.1. The molecule has 0 amide bonds. The summed E-state index contributed by atoms with van der Waals surface area (Å²) in [5.74, 6) is -0.00282. The largest absolute Gasteiger partial charge is 0.294 e. The second-order valence-electron chi connectivity index (χ2n) is 4.31. The van der Waals surface area contributed by atoms with E-state index in [0.717, 1.165) is 22.3 Å². The van der Waals surface area contributed by atoms with Gasteiger partial charge in [0.1, 0.15) is 0 Å². The van der Waals surface area contributed by atoms with Gasteiger partial charge in [-0.2, -0.15) is 5.10 Å². The molecule has 0 saturated carbocycles. The van der Waals surface area contributed by atoms with Crippen molar-refractivity contribution in [2.75, 3.05) is 0 Å². The van der Waals surface area contributed by atoms with Gasteiger partial charge in [-0.05, 0) is 40.5 Å². The zero-order valence-electron chi connectivity index (χ0n) is 10.8. The summed E-state index contributed by atoms with van der Waals surface area (Å²) in [6.45, 7) is 2.04. The van der Waals surface area contributed by atoms with Crippen LogP contribution in [0.15, 0.2) is 28.7 Å². The van der Waals surface area contributed by atoms with Gasteiger partial charge in [0.2, 0.25) is 0 Å². The number of halogens is 2. The second-order valence-corrected chi connectivity index (χ2v) is 5.54. The number of hydrogen-bond donors (Lipinski definition) is 0. The first kappa shape index (κ1) is 14.3. The third-order valence-electron chi connectivity index (χ3n) is 2.98. The van der Waals surface area contributed by atoms with E-state index in [1.54, 1.807) is 10.7 Å². The average molecular weight is 342 g/mol. The molecule has 1 heterocycles. The van der Waals surface area contributed by atoms with E-state index in [4.69, 9.17) is 11.6 Å². The van der Waals surface area contributed by atoms with Gasteiger partial charge in [0.15, 0.2) is 5.78 Å². The minimum atomic E-state index is -0.00282. The smallest absolute Gasteiger partial charge is 0.170 e. The maximum Gasteiger partial charge on any atom is 0.170 e. The van der Waals surface area contributed by atoms with E-state index < -0.39 is 0 Å². The third-order valence-corrected chi connectivity index (χ3v) is 4.28. The molecule has 0 bridgehead atoms. The number of benzene rings is 1. The number of aryl methyl sites for hydroxylation is 2. The van der Waals surface area contributed by atoms with Crippen LogP contribution < -0.4 is 0 Å². The lowest BCUT2D eigenvalue weighted by Crippen LogP contribution is -2.08. The van der Waals surface area contributed by atoms with Gasteiger partial charge in [0.25, 0.3) is 0 Å². The van der Waals surface area contributed by atoms with Crippen molar-refractivity contribution in [1.29, 1.82) is 0 Å². The van der Waals surface area contributed by atoms with Crippen LogP contribution >= 0.6 is 27.5 Å². The second kappa shape index (κ2) is 5.88. The molecule has 0 aliphatic rings. The lowest BCUT2D eigenvalue weighted by Gasteiger charge is -2.05. The fourth-order valence-electron chi connectivity index (χ4n) is 1.89. The van der Waals surface area contributed by atoms with Gasteiger partial charge in [-0.1, -0.05) is 24.6 Å². The average Bonchev–Trinajstić information content (AvgIpc) is 2.73. The molecule has 0 unspecified atom stereocenters. The SMILES string of the molecule is CCc1cc(CC(=O)c2cccc(Br)c2Cl)n(C)n1. The summed E-state index contributed by atoms with van der Waals surface area (Å²) in [4.78, 5) is 12.3. The van der Waals surface area contributed by atoms with Crippen LogP contribution in [-0.2, 0) is 19.9 Å². The molecule has 1 aromatic carbocycles. The van der Waals surface area contributed by atoms with Gasteiger partial charge in [-0.15, -0.1) is 0 Å². The zero-order chi connectivity index (χ0) is 14.0. The van der Waals surface area contributed by atoms with Crippen molar-refractivity contribution in [2.24, 2.45) is 7.05 Å². The topological polar surface area (TPSA) is 34.9 Å². The van der Waals surface area contributed by atoms with Crippen LogP contribution in [0.3, 0.4) is 0 Å². The van der Waals surface area contributed by atoms with Crippen LogP contribution in [0, 0.1) is 0 Å². The van der Waals surface area contributed by atoms with Crippen molar-refractivity contribution in [3.63, 3.8) is 0 Å². The van der Waals surface area contributed by atoms with E-state index in [9.17, 15) is 4.79 Å². The van der Waals surface area contributed by atoms with E-state index >= 15 is 0 Å². The molecule has 0 atom stereocenters. The summed E-state index contributed by atoms with van der Waals surface area (Å²) in [5.41, 5.74) is 2.43. The van der Waals surface area contributed by atoms with Crippen LogP contribution in [0.5, 0.6) is 0 Å². The van der Waals surface area contributed by atoms with E-state index in [1.807, 2.05) is 32.2 Å². The Morgan fingerprint density at radius 2 is 2.21 bits per heavy atom. The number of aromatic nitrogens is 2. The summed E-state index contributed by atoms with van der Waals surface area (Å²) in [7, 11) is 1.85. The van der Waals surface area contributed by atoms with Crippen LogP contribution in [0.4, 0.5) is 0 Å². The van der Waals surface area contributed by atoms with Crippen molar-refractivity contribution in [3.8, 4) is 0 Å². The van der Waals surface area contributed by atoms with E-state index in [2.05, 4.69) is 21.0 Å². The Labute approximate surface area is 125 Å². The molecule has 5 heteroatoms.